The van der Waals surface area contributed by atoms with Gasteiger partial charge in [-0.15, -0.1) is 0 Å². The van der Waals surface area contributed by atoms with E-state index in [-0.39, 0.29) is 18.0 Å². The van der Waals surface area contributed by atoms with Gasteiger partial charge in [0, 0.05) is 13.1 Å². The smallest absolute Gasteiger partial charge is 0.416 e. The molecule has 0 bridgehead atoms. The number of rotatable bonds is 6. The molecule has 0 unspecified atom stereocenters. The summed E-state index contributed by atoms with van der Waals surface area (Å²) in [6.45, 7) is 3.82. The SMILES string of the molecule is CCCS(=O)(=O)O[C@@H]1CN(c2ccc(N3CCOCC3)c(F)c2)C(=O)O1. The van der Waals surface area contributed by atoms with E-state index in [0.717, 1.165) is 4.90 Å². The van der Waals surface area contributed by atoms with Crippen molar-refractivity contribution in [2.75, 3.05) is 48.4 Å². The maximum atomic E-state index is 14.5. The summed E-state index contributed by atoms with van der Waals surface area (Å²) in [7, 11) is -3.77. The summed E-state index contributed by atoms with van der Waals surface area (Å²) in [5.74, 6) is -0.635. The Hall–Kier alpha value is -1.91. The van der Waals surface area contributed by atoms with E-state index in [9.17, 15) is 17.6 Å². The highest BCUT2D eigenvalue weighted by Gasteiger charge is 2.36. The third kappa shape index (κ3) is 4.25. The molecule has 0 aromatic heterocycles. The van der Waals surface area contributed by atoms with Gasteiger partial charge in [-0.2, -0.15) is 8.42 Å². The van der Waals surface area contributed by atoms with Gasteiger partial charge >= 0.3 is 6.09 Å². The molecule has 1 atom stereocenters. The highest BCUT2D eigenvalue weighted by molar-refractivity contribution is 7.86. The Morgan fingerprint density at radius 2 is 2.04 bits per heavy atom. The number of amides is 1. The van der Waals surface area contributed by atoms with Crippen molar-refractivity contribution in [3.63, 3.8) is 0 Å². The van der Waals surface area contributed by atoms with Crippen molar-refractivity contribution >= 4 is 27.6 Å². The van der Waals surface area contributed by atoms with Crippen LogP contribution < -0.4 is 9.80 Å². The molecular weight excluding hydrogens is 367 g/mol. The van der Waals surface area contributed by atoms with Crippen LogP contribution in [0.25, 0.3) is 0 Å². The van der Waals surface area contributed by atoms with Gasteiger partial charge in [-0.3, -0.25) is 4.90 Å². The zero-order chi connectivity index (χ0) is 18.7. The minimum Gasteiger partial charge on any atom is -0.416 e. The molecule has 2 heterocycles. The van der Waals surface area contributed by atoms with Crippen LogP contribution in [0.3, 0.4) is 0 Å². The predicted molar refractivity (Wildman–Crippen MR) is 92.2 cm³/mol. The second-order valence-electron chi connectivity index (χ2n) is 6.02. The van der Waals surface area contributed by atoms with E-state index < -0.39 is 28.3 Å². The second kappa shape index (κ2) is 7.77. The number of morpholine rings is 1. The van der Waals surface area contributed by atoms with Gasteiger partial charge in [0.25, 0.3) is 10.1 Å². The van der Waals surface area contributed by atoms with Gasteiger partial charge in [-0.25, -0.2) is 13.4 Å². The van der Waals surface area contributed by atoms with E-state index >= 15 is 0 Å². The summed E-state index contributed by atoms with van der Waals surface area (Å²) >= 11 is 0. The molecule has 1 amide bonds. The predicted octanol–water partition coefficient (Wildman–Crippen LogP) is 1.70. The number of benzene rings is 1. The number of halogens is 1. The molecule has 1 aromatic rings. The quantitative estimate of drug-likeness (QED) is 0.686. The summed E-state index contributed by atoms with van der Waals surface area (Å²) in [5, 5.41) is 0. The molecule has 3 rings (SSSR count). The summed E-state index contributed by atoms with van der Waals surface area (Å²) < 4.78 is 53.0. The first-order valence-electron chi connectivity index (χ1n) is 8.41. The number of hydrogen-bond acceptors (Lipinski definition) is 7. The number of cyclic esters (lactones) is 1. The highest BCUT2D eigenvalue weighted by atomic mass is 32.2. The zero-order valence-electron chi connectivity index (χ0n) is 14.4. The average molecular weight is 388 g/mol. The molecule has 2 aliphatic rings. The lowest BCUT2D eigenvalue weighted by Gasteiger charge is -2.29. The van der Waals surface area contributed by atoms with E-state index in [1.807, 2.05) is 4.90 Å². The van der Waals surface area contributed by atoms with Crippen LogP contribution in [0.5, 0.6) is 0 Å². The maximum absolute atomic E-state index is 14.5. The Balaban J connectivity index is 1.71. The molecule has 0 N–H and O–H groups in total. The van der Waals surface area contributed by atoms with Crippen LogP contribution >= 0.6 is 0 Å². The van der Waals surface area contributed by atoms with E-state index in [0.29, 0.717) is 38.4 Å². The number of nitrogens with zero attached hydrogens (tertiary/aromatic N) is 2. The summed E-state index contributed by atoms with van der Waals surface area (Å²) in [5.41, 5.74) is 0.714. The van der Waals surface area contributed by atoms with Crippen LogP contribution in [-0.2, 0) is 23.8 Å². The van der Waals surface area contributed by atoms with Gasteiger partial charge in [0.2, 0.25) is 6.29 Å². The lowest BCUT2D eigenvalue weighted by atomic mass is 10.2. The molecule has 0 aliphatic carbocycles. The second-order valence-corrected chi connectivity index (χ2v) is 7.73. The monoisotopic (exact) mass is 388 g/mol. The van der Waals surface area contributed by atoms with Crippen molar-refractivity contribution in [3.05, 3.63) is 24.0 Å². The fraction of sp³-hybridized carbons (Fsp3) is 0.562. The fourth-order valence-electron chi connectivity index (χ4n) is 2.88. The first-order valence-corrected chi connectivity index (χ1v) is 9.98. The van der Waals surface area contributed by atoms with Crippen LogP contribution in [0.1, 0.15) is 13.3 Å². The molecule has 0 saturated carbocycles. The molecular formula is C16H21FN2O6S. The van der Waals surface area contributed by atoms with Crippen molar-refractivity contribution in [2.45, 2.75) is 19.6 Å². The Morgan fingerprint density at radius 1 is 1.31 bits per heavy atom. The van der Waals surface area contributed by atoms with E-state index in [1.54, 1.807) is 19.1 Å². The third-order valence-electron chi connectivity index (χ3n) is 4.09. The Morgan fingerprint density at radius 3 is 2.69 bits per heavy atom. The molecule has 1 aromatic carbocycles. The minimum absolute atomic E-state index is 0.127. The van der Waals surface area contributed by atoms with Gasteiger partial charge in [-0.05, 0) is 24.6 Å². The van der Waals surface area contributed by atoms with Gasteiger partial charge < -0.3 is 14.4 Å². The molecule has 0 radical (unpaired) electrons. The molecule has 144 valence electrons. The first-order chi connectivity index (χ1) is 12.4. The number of carbonyl (C=O) groups excluding carboxylic acids is 1. The topological polar surface area (TPSA) is 85.4 Å². The van der Waals surface area contributed by atoms with E-state index in [2.05, 4.69) is 0 Å². The number of carbonyl (C=O) groups is 1. The van der Waals surface area contributed by atoms with E-state index in [1.165, 1.54) is 6.07 Å². The van der Waals surface area contributed by atoms with Gasteiger partial charge in [0.05, 0.1) is 36.9 Å². The number of ether oxygens (including phenoxy) is 2. The zero-order valence-corrected chi connectivity index (χ0v) is 15.2. The first kappa shape index (κ1) is 18.9. The van der Waals surface area contributed by atoms with Crippen molar-refractivity contribution in [2.24, 2.45) is 0 Å². The van der Waals surface area contributed by atoms with Crippen LogP contribution in [0, 0.1) is 5.82 Å². The minimum atomic E-state index is -3.77. The van der Waals surface area contributed by atoms with E-state index in [4.69, 9.17) is 13.7 Å². The normalized spacial score (nSPS) is 21.2. The Kier molecular flexibility index (Phi) is 5.64. The van der Waals surface area contributed by atoms with Crippen LogP contribution in [-0.4, -0.2) is 59.4 Å². The molecule has 2 saturated heterocycles. The molecule has 0 spiro atoms. The van der Waals surface area contributed by atoms with Gasteiger partial charge in [-0.1, -0.05) is 6.92 Å². The largest absolute Gasteiger partial charge is 0.416 e. The molecule has 26 heavy (non-hydrogen) atoms. The Labute approximate surface area is 151 Å². The van der Waals surface area contributed by atoms with Crippen molar-refractivity contribution in [3.8, 4) is 0 Å². The molecule has 10 heteroatoms. The third-order valence-corrected chi connectivity index (χ3v) is 5.50. The van der Waals surface area contributed by atoms with Crippen molar-refractivity contribution in [1.29, 1.82) is 0 Å². The van der Waals surface area contributed by atoms with Crippen LogP contribution in [0.15, 0.2) is 18.2 Å². The highest BCUT2D eigenvalue weighted by Crippen LogP contribution is 2.29. The van der Waals surface area contributed by atoms with Crippen LogP contribution in [0.4, 0.5) is 20.6 Å². The fourth-order valence-corrected chi connectivity index (χ4v) is 3.91. The lowest BCUT2D eigenvalue weighted by molar-refractivity contribution is 0.0108. The molecule has 2 fully saturated rings. The standard InChI is InChI=1S/C16H21FN2O6S/c1-2-9-26(21,22)25-15-11-19(16(20)24-15)12-3-4-14(13(17)10-12)18-5-7-23-8-6-18/h3-4,10,15H,2,5-9,11H2,1H3/t15-/m1/s1. The lowest BCUT2D eigenvalue weighted by Crippen LogP contribution is -2.36. The molecule has 2 aliphatic heterocycles. The van der Waals surface area contributed by atoms with Crippen molar-refractivity contribution in [1.82, 2.24) is 0 Å². The maximum Gasteiger partial charge on any atom is 0.416 e. The van der Waals surface area contributed by atoms with Crippen LogP contribution in [0.2, 0.25) is 0 Å². The van der Waals surface area contributed by atoms with Crippen molar-refractivity contribution < 1.29 is 31.3 Å². The van der Waals surface area contributed by atoms with Gasteiger partial charge in [0.1, 0.15) is 5.82 Å². The molecule has 8 nitrogen and oxygen atoms in total. The van der Waals surface area contributed by atoms with Gasteiger partial charge in [0.15, 0.2) is 0 Å². The average Bonchev–Trinajstić information content (AvgIpc) is 2.95. The number of anilines is 2. The summed E-state index contributed by atoms with van der Waals surface area (Å²) in [6, 6.07) is 4.41. The number of hydrogen-bond donors (Lipinski definition) is 0. The Bertz CT molecular complexity index is 766. The summed E-state index contributed by atoms with van der Waals surface area (Å²) in [6.07, 6.45) is -1.62. The summed E-state index contributed by atoms with van der Waals surface area (Å²) in [4.78, 5) is 15.0.